The number of nitrogens with zero attached hydrogens (tertiary/aromatic N) is 3. The van der Waals surface area contributed by atoms with Crippen LogP contribution >= 0.6 is 0 Å². The number of likely N-dealkylation sites (tertiary alicyclic amines) is 1. The quantitative estimate of drug-likeness (QED) is 0.694. The molecule has 0 radical (unpaired) electrons. The summed E-state index contributed by atoms with van der Waals surface area (Å²) in [6.07, 6.45) is 9.05. The van der Waals surface area contributed by atoms with E-state index < -0.39 is 5.60 Å². The van der Waals surface area contributed by atoms with Gasteiger partial charge in [0, 0.05) is 19.6 Å². The van der Waals surface area contributed by atoms with Crippen LogP contribution in [0.15, 0.2) is 0 Å². The molecule has 2 heterocycles. The van der Waals surface area contributed by atoms with Crippen molar-refractivity contribution in [2.75, 3.05) is 19.6 Å². The smallest absolute Gasteiger partial charge is 0.255 e. The molecule has 0 spiro atoms. The van der Waals surface area contributed by atoms with Crippen molar-refractivity contribution in [3.8, 4) is 0 Å². The third kappa shape index (κ3) is 4.79. The molecule has 1 unspecified atom stereocenters. The average Bonchev–Trinajstić information content (AvgIpc) is 3.03. The first-order valence-electron chi connectivity index (χ1n) is 9.67. The van der Waals surface area contributed by atoms with E-state index in [0.717, 1.165) is 37.7 Å². The van der Waals surface area contributed by atoms with Gasteiger partial charge in [0.25, 0.3) is 5.91 Å². The molecular weight excluding hydrogens is 318 g/mol. The van der Waals surface area contributed by atoms with Crippen LogP contribution in [-0.2, 0) is 11.3 Å². The molecule has 1 saturated heterocycles. The lowest BCUT2D eigenvalue weighted by Crippen LogP contribution is -2.58. The molecule has 1 aliphatic carbocycles. The number of aromatic nitrogens is 3. The minimum atomic E-state index is -1.30. The molecule has 1 saturated carbocycles. The summed E-state index contributed by atoms with van der Waals surface area (Å²) >= 11 is 0. The average molecular weight is 349 g/mol. The Labute approximate surface area is 149 Å². The first-order valence-corrected chi connectivity index (χ1v) is 9.67. The maximum absolute atomic E-state index is 12.8. The minimum absolute atomic E-state index is 0.117. The van der Waals surface area contributed by atoms with Crippen molar-refractivity contribution in [2.24, 2.45) is 5.92 Å². The number of H-pyrrole nitrogens is 1. The van der Waals surface area contributed by atoms with Gasteiger partial charge in [0.05, 0.1) is 6.54 Å². The molecule has 140 valence electrons. The molecule has 3 N–H and O–H groups in total. The predicted octanol–water partition coefficient (Wildman–Crippen LogP) is 1.53. The fourth-order valence-corrected chi connectivity index (χ4v) is 4.11. The van der Waals surface area contributed by atoms with Crippen LogP contribution < -0.4 is 5.32 Å². The lowest BCUT2D eigenvalue weighted by molar-refractivity contribution is -0.156. The highest BCUT2D eigenvalue weighted by Gasteiger charge is 2.41. The predicted molar refractivity (Wildman–Crippen MR) is 94.8 cm³/mol. The second-order valence-electron chi connectivity index (χ2n) is 7.66. The van der Waals surface area contributed by atoms with Gasteiger partial charge in [-0.3, -0.25) is 9.89 Å². The molecule has 1 atom stereocenters. The SMILES string of the molecule is Cc1nc(CNCC2(O)CCCN(CCC3CCCCC3)C2=O)n[nH]1. The number of aliphatic hydroxyl groups is 1. The summed E-state index contributed by atoms with van der Waals surface area (Å²) in [7, 11) is 0. The van der Waals surface area contributed by atoms with Crippen molar-refractivity contribution in [1.29, 1.82) is 0 Å². The Morgan fingerprint density at radius 3 is 2.84 bits per heavy atom. The maximum Gasteiger partial charge on any atom is 0.255 e. The van der Waals surface area contributed by atoms with E-state index in [9.17, 15) is 9.90 Å². The van der Waals surface area contributed by atoms with E-state index in [1.165, 1.54) is 32.1 Å². The zero-order valence-electron chi connectivity index (χ0n) is 15.3. The number of hydrogen-bond donors (Lipinski definition) is 3. The summed E-state index contributed by atoms with van der Waals surface area (Å²) in [5, 5.41) is 20.8. The van der Waals surface area contributed by atoms with Crippen LogP contribution in [0.25, 0.3) is 0 Å². The van der Waals surface area contributed by atoms with Gasteiger partial charge in [-0.1, -0.05) is 32.1 Å². The molecule has 1 aliphatic heterocycles. The van der Waals surface area contributed by atoms with E-state index in [2.05, 4.69) is 20.5 Å². The maximum atomic E-state index is 12.8. The molecule has 0 aromatic carbocycles. The van der Waals surface area contributed by atoms with Crippen LogP contribution in [0.2, 0.25) is 0 Å². The second kappa shape index (κ2) is 8.27. The zero-order valence-corrected chi connectivity index (χ0v) is 15.3. The molecule has 2 aliphatic rings. The van der Waals surface area contributed by atoms with Crippen LogP contribution in [0.5, 0.6) is 0 Å². The van der Waals surface area contributed by atoms with Crippen molar-refractivity contribution in [3.63, 3.8) is 0 Å². The lowest BCUT2D eigenvalue weighted by Gasteiger charge is -2.39. The lowest BCUT2D eigenvalue weighted by atomic mass is 9.86. The molecule has 2 fully saturated rings. The second-order valence-corrected chi connectivity index (χ2v) is 7.66. The van der Waals surface area contributed by atoms with Crippen molar-refractivity contribution in [3.05, 3.63) is 11.6 Å². The minimum Gasteiger partial charge on any atom is -0.379 e. The van der Waals surface area contributed by atoms with Crippen molar-refractivity contribution >= 4 is 5.91 Å². The van der Waals surface area contributed by atoms with Gasteiger partial charge >= 0.3 is 0 Å². The topological polar surface area (TPSA) is 94.1 Å². The van der Waals surface area contributed by atoms with Gasteiger partial charge in [0.1, 0.15) is 5.82 Å². The fraction of sp³-hybridized carbons (Fsp3) is 0.833. The Morgan fingerprint density at radius 1 is 1.32 bits per heavy atom. The van der Waals surface area contributed by atoms with Gasteiger partial charge in [-0.25, -0.2) is 4.98 Å². The number of aryl methyl sites for hydroxylation is 1. The van der Waals surface area contributed by atoms with Crippen LogP contribution in [0.4, 0.5) is 0 Å². The first kappa shape index (κ1) is 18.3. The Bertz CT molecular complexity index is 570. The zero-order chi connectivity index (χ0) is 17.7. The number of carbonyl (C=O) groups is 1. The first-order chi connectivity index (χ1) is 12.1. The number of piperidine rings is 1. The highest BCUT2D eigenvalue weighted by molar-refractivity contribution is 5.86. The molecular formula is C18H31N5O2. The van der Waals surface area contributed by atoms with Crippen LogP contribution in [0, 0.1) is 12.8 Å². The third-order valence-electron chi connectivity index (χ3n) is 5.58. The Balaban J connectivity index is 1.47. The largest absolute Gasteiger partial charge is 0.379 e. The number of rotatable bonds is 7. The third-order valence-corrected chi connectivity index (χ3v) is 5.58. The Kier molecular flexibility index (Phi) is 6.06. The van der Waals surface area contributed by atoms with Gasteiger partial charge < -0.3 is 15.3 Å². The number of amides is 1. The molecule has 25 heavy (non-hydrogen) atoms. The summed E-state index contributed by atoms with van der Waals surface area (Å²) in [5.74, 6) is 2.05. The number of aromatic amines is 1. The Hall–Kier alpha value is -1.47. The summed E-state index contributed by atoms with van der Waals surface area (Å²) in [6.45, 7) is 4.10. The number of nitrogens with one attached hydrogen (secondary N) is 2. The van der Waals surface area contributed by atoms with E-state index in [1.54, 1.807) is 0 Å². The summed E-state index contributed by atoms with van der Waals surface area (Å²) < 4.78 is 0. The molecule has 7 heteroatoms. The van der Waals surface area contributed by atoms with E-state index in [1.807, 2.05) is 11.8 Å². The summed E-state index contributed by atoms with van der Waals surface area (Å²) in [5.41, 5.74) is -1.30. The number of carbonyl (C=O) groups excluding carboxylic acids is 1. The normalized spacial score (nSPS) is 25.5. The van der Waals surface area contributed by atoms with Crippen molar-refractivity contribution < 1.29 is 9.90 Å². The van der Waals surface area contributed by atoms with Gasteiger partial charge in [0.15, 0.2) is 11.4 Å². The van der Waals surface area contributed by atoms with E-state index in [4.69, 9.17) is 0 Å². The number of hydrogen-bond acceptors (Lipinski definition) is 5. The van der Waals surface area contributed by atoms with Crippen LogP contribution in [0.3, 0.4) is 0 Å². The monoisotopic (exact) mass is 349 g/mol. The summed E-state index contributed by atoms with van der Waals surface area (Å²) in [4.78, 5) is 18.9. The van der Waals surface area contributed by atoms with E-state index in [-0.39, 0.29) is 12.5 Å². The Morgan fingerprint density at radius 2 is 2.12 bits per heavy atom. The molecule has 3 rings (SSSR count). The molecule has 1 amide bonds. The molecule has 7 nitrogen and oxygen atoms in total. The van der Waals surface area contributed by atoms with Crippen LogP contribution in [-0.4, -0.2) is 56.3 Å². The van der Waals surface area contributed by atoms with Gasteiger partial charge in [0.2, 0.25) is 0 Å². The fourth-order valence-electron chi connectivity index (χ4n) is 4.11. The van der Waals surface area contributed by atoms with E-state index in [0.29, 0.717) is 18.8 Å². The van der Waals surface area contributed by atoms with E-state index >= 15 is 0 Å². The highest BCUT2D eigenvalue weighted by atomic mass is 16.3. The van der Waals surface area contributed by atoms with Gasteiger partial charge in [-0.05, 0) is 32.1 Å². The summed E-state index contributed by atoms with van der Waals surface area (Å²) in [6, 6.07) is 0. The molecule has 1 aromatic rings. The standard InChI is InChI=1S/C18H31N5O2/c1-14-20-16(22-21-14)12-19-13-18(25)9-5-10-23(17(18)24)11-8-15-6-3-2-4-7-15/h15,19,25H,2-13H2,1H3,(H,20,21,22). The molecule has 0 bridgehead atoms. The van der Waals surface area contributed by atoms with Crippen molar-refractivity contribution in [1.82, 2.24) is 25.4 Å². The molecule has 1 aromatic heterocycles. The van der Waals surface area contributed by atoms with Gasteiger partial charge in [-0.15, -0.1) is 0 Å². The highest BCUT2D eigenvalue weighted by Crippen LogP contribution is 2.28. The van der Waals surface area contributed by atoms with Crippen molar-refractivity contribution in [2.45, 2.75) is 70.4 Å². The van der Waals surface area contributed by atoms with Crippen LogP contribution in [0.1, 0.15) is 63.0 Å². The van der Waals surface area contributed by atoms with Gasteiger partial charge in [-0.2, -0.15) is 5.10 Å².